The number of anilines is 1. The van der Waals surface area contributed by atoms with E-state index in [1.807, 2.05) is 18.2 Å². The number of nitrogens with zero attached hydrogens (tertiary/aromatic N) is 1. The van der Waals surface area contributed by atoms with Crippen LogP contribution in [0.5, 0.6) is 0 Å². The molecule has 0 fully saturated rings. The Morgan fingerprint density at radius 1 is 1.20 bits per heavy atom. The third kappa shape index (κ3) is 3.49. The zero-order valence-corrected chi connectivity index (χ0v) is 14.5. The Labute approximate surface area is 146 Å². The maximum Gasteiger partial charge on any atom is 0.293 e. The van der Waals surface area contributed by atoms with Gasteiger partial charge in [0.2, 0.25) is 10.0 Å². The molecule has 1 aliphatic rings. The summed E-state index contributed by atoms with van der Waals surface area (Å²) < 4.78 is 25.9. The van der Waals surface area contributed by atoms with E-state index in [0.717, 1.165) is 30.9 Å². The molecule has 0 saturated heterocycles. The summed E-state index contributed by atoms with van der Waals surface area (Å²) in [6.07, 6.45) is 2.86. The molecule has 0 heterocycles. The number of rotatable bonds is 5. The molecule has 0 bridgehead atoms. The van der Waals surface area contributed by atoms with Crippen LogP contribution in [-0.2, 0) is 16.4 Å². The molecular formula is C17H19N3O4S. The first-order valence-electron chi connectivity index (χ1n) is 7.98. The summed E-state index contributed by atoms with van der Waals surface area (Å²) in [7, 11) is -2.46. The molecule has 0 radical (unpaired) electrons. The molecular weight excluding hydrogens is 342 g/mol. The zero-order valence-electron chi connectivity index (χ0n) is 13.7. The van der Waals surface area contributed by atoms with Gasteiger partial charge in [0.05, 0.1) is 15.9 Å². The third-order valence-corrected chi connectivity index (χ3v) is 5.86. The molecule has 132 valence electrons. The standard InChI is InChI=1S/C17H19N3O4S/c1-18-25(23,24)13-9-10-16(17(11-13)20(21)22)19-15-8-4-6-12-5-2-3-7-14(12)15/h2-3,5,7,9-11,15,18-19H,4,6,8H2,1H3/t15-/m1/s1. The summed E-state index contributed by atoms with van der Waals surface area (Å²) in [4.78, 5) is 10.7. The molecule has 2 aromatic carbocycles. The summed E-state index contributed by atoms with van der Waals surface area (Å²) in [6, 6.07) is 11.9. The van der Waals surface area contributed by atoms with E-state index in [4.69, 9.17) is 0 Å². The van der Waals surface area contributed by atoms with Crippen LogP contribution in [0.25, 0.3) is 0 Å². The quantitative estimate of drug-likeness (QED) is 0.630. The molecule has 2 N–H and O–H groups in total. The van der Waals surface area contributed by atoms with E-state index in [1.165, 1.54) is 24.7 Å². The van der Waals surface area contributed by atoms with Gasteiger partial charge >= 0.3 is 0 Å². The molecule has 3 rings (SSSR count). The smallest absolute Gasteiger partial charge is 0.293 e. The van der Waals surface area contributed by atoms with Gasteiger partial charge in [-0.25, -0.2) is 13.1 Å². The van der Waals surface area contributed by atoms with E-state index >= 15 is 0 Å². The van der Waals surface area contributed by atoms with Crippen molar-refractivity contribution in [2.45, 2.75) is 30.2 Å². The largest absolute Gasteiger partial charge is 0.373 e. The fourth-order valence-electron chi connectivity index (χ4n) is 3.16. The van der Waals surface area contributed by atoms with Crippen LogP contribution in [-0.4, -0.2) is 20.4 Å². The molecule has 7 nitrogen and oxygen atoms in total. The SMILES string of the molecule is CNS(=O)(=O)c1ccc(N[C@@H]2CCCc3ccccc32)c([N+](=O)[O-])c1. The highest BCUT2D eigenvalue weighted by molar-refractivity contribution is 7.89. The Hall–Kier alpha value is -2.45. The number of nitro groups is 1. The fourth-order valence-corrected chi connectivity index (χ4v) is 3.91. The van der Waals surface area contributed by atoms with Crippen LogP contribution >= 0.6 is 0 Å². The molecule has 0 unspecified atom stereocenters. The Morgan fingerprint density at radius 2 is 1.96 bits per heavy atom. The van der Waals surface area contributed by atoms with E-state index in [2.05, 4.69) is 16.1 Å². The summed E-state index contributed by atoms with van der Waals surface area (Å²) in [5, 5.41) is 14.7. The lowest BCUT2D eigenvalue weighted by atomic mass is 9.87. The van der Waals surface area contributed by atoms with Crippen molar-refractivity contribution >= 4 is 21.4 Å². The first kappa shape index (κ1) is 17.4. The van der Waals surface area contributed by atoms with E-state index in [-0.39, 0.29) is 16.6 Å². The van der Waals surface area contributed by atoms with Gasteiger partial charge in [0.1, 0.15) is 5.69 Å². The molecule has 0 saturated carbocycles. The number of sulfonamides is 1. The van der Waals surface area contributed by atoms with Gasteiger partial charge in [0.25, 0.3) is 5.69 Å². The lowest BCUT2D eigenvalue weighted by Crippen LogP contribution is -2.20. The van der Waals surface area contributed by atoms with Gasteiger partial charge in [-0.15, -0.1) is 0 Å². The summed E-state index contributed by atoms with van der Waals surface area (Å²) in [5.41, 5.74) is 2.44. The molecule has 0 spiro atoms. The number of hydrogen-bond acceptors (Lipinski definition) is 5. The zero-order chi connectivity index (χ0) is 18.0. The van der Waals surface area contributed by atoms with Crippen LogP contribution in [0.2, 0.25) is 0 Å². The van der Waals surface area contributed by atoms with Crippen molar-refractivity contribution in [1.29, 1.82) is 0 Å². The second kappa shape index (κ2) is 6.81. The van der Waals surface area contributed by atoms with Crippen molar-refractivity contribution in [3.63, 3.8) is 0 Å². The minimum absolute atomic E-state index is 0.0320. The van der Waals surface area contributed by atoms with Crippen LogP contribution in [0.3, 0.4) is 0 Å². The van der Waals surface area contributed by atoms with Crippen LogP contribution in [0, 0.1) is 10.1 Å². The maximum atomic E-state index is 11.9. The molecule has 1 atom stereocenters. The molecule has 0 aromatic heterocycles. The Balaban J connectivity index is 1.97. The fraction of sp³-hybridized carbons (Fsp3) is 0.294. The molecule has 0 aliphatic heterocycles. The van der Waals surface area contributed by atoms with Gasteiger partial charge < -0.3 is 5.32 Å². The number of hydrogen-bond donors (Lipinski definition) is 2. The predicted molar refractivity (Wildman–Crippen MR) is 95.1 cm³/mol. The van der Waals surface area contributed by atoms with Crippen molar-refractivity contribution < 1.29 is 13.3 Å². The third-order valence-electron chi connectivity index (χ3n) is 4.44. The first-order chi connectivity index (χ1) is 11.9. The molecule has 25 heavy (non-hydrogen) atoms. The van der Waals surface area contributed by atoms with Crippen molar-refractivity contribution in [3.8, 4) is 0 Å². The topological polar surface area (TPSA) is 101 Å². The normalized spacial score (nSPS) is 16.9. The maximum absolute atomic E-state index is 11.9. The highest BCUT2D eigenvalue weighted by atomic mass is 32.2. The van der Waals surface area contributed by atoms with Gasteiger partial charge in [-0.3, -0.25) is 10.1 Å². The van der Waals surface area contributed by atoms with Crippen molar-refractivity contribution in [1.82, 2.24) is 4.72 Å². The number of aryl methyl sites for hydroxylation is 1. The van der Waals surface area contributed by atoms with Gasteiger partial charge in [0.15, 0.2) is 0 Å². The lowest BCUT2D eigenvalue weighted by molar-refractivity contribution is -0.384. The highest BCUT2D eigenvalue weighted by Crippen LogP contribution is 2.36. The Bertz CT molecular complexity index is 912. The van der Waals surface area contributed by atoms with Gasteiger partial charge in [-0.05, 0) is 49.6 Å². The van der Waals surface area contributed by atoms with Crippen LogP contribution in [0.4, 0.5) is 11.4 Å². The second-order valence-corrected chi connectivity index (χ2v) is 7.82. The first-order valence-corrected chi connectivity index (χ1v) is 9.47. The van der Waals surface area contributed by atoms with Crippen molar-refractivity contribution in [2.24, 2.45) is 0 Å². The molecule has 1 aliphatic carbocycles. The Kier molecular flexibility index (Phi) is 4.73. The van der Waals surface area contributed by atoms with E-state index < -0.39 is 14.9 Å². The van der Waals surface area contributed by atoms with Crippen molar-refractivity contribution in [2.75, 3.05) is 12.4 Å². The summed E-state index contributed by atoms with van der Waals surface area (Å²) in [6.45, 7) is 0. The number of benzene rings is 2. The monoisotopic (exact) mass is 361 g/mol. The Morgan fingerprint density at radius 3 is 2.68 bits per heavy atom. The van der Waals surface area contributed by atoms with Gasteiger partial charge in [-0.1, -0.05) is 24.3 Å². The lowest BCUT2D eigenvalue weighted by Gasteiger charge is -2.27. The van der Waals surface area contributed by atoms with E-state index in [0.29, 0.717) is 5.69 Å². The van der Waals surface area contributed by atoms with E-state index in [9.17, 15) is 18.5 Å². The molecule has 8 heteroatoms. The van der Waals surface area contributed by atoms with E-state index in [1.54, 1.807) is 0 Å². The number of nitro benzene ring substituents is 1. The molecule has 2 aromatic rings. The summed E-state index contributed by atoms with van der Waals surface area (Å²) >= 11 is 0. The average Bonchev–Trinajstić information content (AvgIpc) is 2.62. The average molecular weight is 361 g/mol. The minimum atomic E-state index is -3.73. The van der Waals surface area contributed by atoms with Crippen molar-refractivity contribution in [3.05, 3.63) is 63.7 Å². The predicted octanol–water partition coefficient (Wildman–Crippen LogP) is 2.99. The highest BCUT2D eigenvalue weighted by Gasteiger charge is 2.25. The minimum Gasteiger partial charge on any atom is -0.373 e. The van der Waals surface area contributed by atoms with Crippen LogP contribution in [0.1, 0.15) is 30.0 Å². The van der Waals surface area contributed by atoms with Gasteiger partial charge in [0, 0.05) is 6.07 Å². The van der Waals surface area contributed by atoms with Gasteiger partial charge in [-0.2, -0.15) is 0 Å². The second-order valence-electron chi connectivity index (χ2n) is 5.93. The number of nitrogens with one attached hydrogen (secondary N) is 2. The number of fused-ring (bicyclic) bond motifs is 1. The summed E-state index contributed by atoms with van der Waals surface area (Å²) in [5.74, 6) is 0. The molecule has 0 amide bonds. The van der Waals surface area contributed by atoms with Crippen LogP contribution in [0.15, 0.2) is 47.4 Å². The van der Waals surface area contributed by atoms with Crippen LogP contribution < -0.4 is 10.0 Å².